The average molecular weight is 514 g/mol. The Morgan fingerprint density at radius 1 is 1.26 bits per heavy atom. The summed E-state index contributed by atoms with van der Waals surface area (Å²) in [5, 5.41) is 11.5. The second-order valence-corrected chi connectivity index (χ2v) is 12.8. The van der Waals surface area contributed by atoms with Crippen molar-refractivity contribution in [3.8, 4) is 0 Å². The fourth-order valence-electron chi connectivity index (χ4n) is 8.06. The molecule has 0 aromatic rings. The molecule has 1 saturated heterocycles. The minimum atomic E-state index is -4.94. The van der Waals surface area contributed by atoms with E-state index in [-0.39, 0.29) is 18.6 Å². The second kappa shape index (κ2) is 7.40. The van der Waals surface area contributed by atoms with Gasteiger partial charge in [0, 0.05) is 16.7 Å². The van der Waals surface area contributed by atoms with Crippen LogP contribution in [0.15, 0.2) is 23.8 Å². The molecule has 1 aliphatic heterocycles. The van der Waals surface area contributed by atoms with Gasteiger partial charge in [0.05, 0.1) is 12.2 Å². The number of hydrogen-bond acceptors (Lipinski definition) is 7. The number of fused-ring (bicyclic) bond motifs is 7. The number of aliphatic hydroxyl groups excluding tert-OH is 1. The molecule has 1 heterocycles. The van der Waals surface area contributed by atoms with Crippen LogP contribution in [0.5, 0.6) is 0 Å². The van der Waals surface area contributed by atoms with Crippen molar-refractivity contribution in [1.82, 2.24) is 0 Å². The molecule has 0 bridgehead atoms. The Hall–Kier alpha value is -1.26. The van der Waals surface area contributed by atoms with Crippen molar-refractivity contribution in [3.05, 3.63) is 23.8 Å². The van der Waals surface area contributed by atoms with Crippen LogP contribution in [0.1, 0.15) is 53.4 Å². The third-order valence-electron chi connectivity index (χ3n) is 9.41. The molecule has 8 atom stereocenters. The van der Waals surface area contributed by atoms with Gasteiger partial charge in [0.1, 0.15) is 6.61 Å². The molecule has 3 saturated carbocycles. The Bertz CT molecular complexity index is 1100. The van der Waals surface area contributed by atoms with Crippen LogP contribution in [0.3, 0.4) is 0 Å². The normalized spacial score (nSPS) is 48.0. The molecule has 0 spiro atoms. The molecule has 194 valence electrons. The average Bonchev–Trinajstić information content (AvgIpc) is 3.14. The van der Waals surface area contributed by atoms with Gasteiger partial charge >= 0.3 is 7.82 Å². The van der Waals surface area contributed by atoms with Gasteiger partial charge in [-0.2, -0.15) is 0 Å². The number of Topliss-reactive ketones (excluding diaryl/α,β-unsaturated/α-hetero) is 1. The molecule has 3 N–H and O–H groups in total. The molecule has 0 unspecified atom stereocenters. The Kier molecular flexibility index (Phi) is 5.37. The SMILES string of the molecule is CC1(C)O[C@H]2C[C@@H]3[C@H]4CCC5=CC(=O)C=C[C@]5(C)[C@@]4(F)[C@@H](O)C[C@]3(C)[C@]2(C(=O)COP(=O)(O)O)O1. The highest BCUT2D eigenvalue weighted by atomic mass is 31.2. The van der Waals surface area contributed by atoms with Crippen LogP contribution < -0.4 is 0 Å². The van der Waals surface area contributed by atoms with E-state index in [1.54, 1.807) is 33.8 Å². The van der Waals surface area contributed by atoms with E-state index in [9.17, 15) is 29.0 Å². The lowest BCUT2D eigenvalue weighted by molar-refractivity contribution is -0.246. The molecule has 35 heavy (non-hydrogen) atoms. The standard InChI is InChI=1S/C24H32FO9P/c1-20(2)33-19-10-16-15-6-5-13-9-14(26)7-8-21(13,3)23(15,25)17(27)11-22(16,4)24(19,34-20)18(28)12-32-35(29,30)31/h7-9,15-17,19,27H,5-6,10-12H2,1-4H3,(H2,29,30,31)/t15-,16-,17+,19+,21+,22+,23+,24-/m1/s1. The van der Waals surface area contributed by atoms with E-state index in [0.29, 0.717) is 18.4 Å². The molecule has 0 amide bonds. The van der Waals surface area contributed by atoms with Crippen molar-refractivity contribution < 1.29 is 47.4 Å². The molecule has 5 aliphatic rings. The summed E-state index contributed by atoms with van der Waals surface area (Å²) >= 11 is 0. The second-order valence-electron chi connectivity index (χ2n) is 11.5. The number of phosphoric acid groups is 1. The number of carbonyl (C=O) groups is 2. The van der Waals surface area contributed by atoms with Gasteiger partial charge in [-0.3, -0.25) is 14.1 Å². The van der Waals surface area contributed by atoms with Crippen molar-refractivity contribution in [2.24, 2.45) is 22.7 Å². The van der Waals surface area contributed by atoms with Gasteiger partial charge in [0.15, 0.2) is 28.6 Å². The minimum absolute atomic E-state index is 0.132. The fraction of sp³-hybridized carbons (Fsp3) is 0.750. The van der Waals surface area contributed by atoms with Crippen molar-refractivity contribution in [3.63, 3.8) is 0 Å². The molecular formula is C24H32FO9P. The summed E-state index contributed by atoms with van der Waals surface area (Å²) in [6.07, 6.45) is 3.06. The van der Waals surface area contributed by atoms with Crippen molar-refractivity contribution in [1.29, 1.82) is 0 Å². The molecule has 0 radical (unpaired) electrons. The molecule has 4 aliphatic carbocycles. The number of ketones is 2. The first kappa shape index (κ1) is 25.4. The van der Waals surface area contributed by atoms with Gasteiger partial charge < -0.3 is 24.4 Å². The van der Waals surface area contributed by atoms with Crippen LogP contribution in [-0.2, 0) is 28.2 Å². The zero-order valence-corrected chi connectivity index (χ0v) is 21.1. The lowest BCUT2D eigenvalue weighted by Crippen LogP contribution is -2.70. The van der Waals surface area contributed by atoms with E-state index in [1.165, 1.54) is 12.2 Å². The lowest BCUT2D eigenvalue weighted by Gasteiger charge is -2.62. The highest BCUT2D eigenvalue weighted by Crippen LogP contribution is 2.72. The molecule has 0 aromatic heterocycles. The highest BCUT2D eigenvalue weighted by molar-refractivity contribution is 7.46. The van der Waals surface area contributed by atoms with E-state index >= 15 is 4.39 Å². The summed E-state index contributed by atoms with van der Waals surface area (Å²) in [7, 11) is -4.94. The van der Waals surface area contributed by atoms with E-state index in [4.69, 9.17) is 9.47 Å². The smallest absolute Gasteiger partial charge is 0.390 e. The Morgan fingerprint density at radius 3 is 2.60 bits per heavy atom. The summed E-state index contributed by atoms with van der Waals surface area (Å²) in [5.74, 6) is -3.17. The Morgan fingerprint density at radius 2 is 1.94 bits per heavy atom. The summed E-state index contributed by atoms with van der Waals surface area (Å²) in [6, 6.07) is 0. The van der Waals surface area contributed by atoms with Crippen molar-refractivity contribution in [2.75, 3.05) is 6.61 Å². The zero-order valence-electron chi connectivity index (χ0n) is 20.2. The predicted molar refractivity (Wildman–Crippen MR) is 120 cm³/mol. The summed E-state index contributed by atoms with van der Waals surface area (Å²) < 4.78 is 45.5. The third kappa shape index (κ3) is 3.24. The molecular weight excluding hydrogens is 482 g/mol. The maximum absolute atomic E-state index is 17.3. The number of aliphatic hydroxyl groups is 1. The molecule has 11 heteroatoms. The number of allylic oxidation sites excluding steroid dienone is 4. The van der Waals surface area contributed by atoms with Gasteiger partial charge in [-0.1, -0.05) is 18.6 Å². The van der Waals surface area contributed by atoms with Crippen molar-refractivity contribution >= 4 is 19.4 Å². The van der Waals surface area contributed by atoms with Crippen LogP contribution in [0, 0.1) is 22.7 Å². The van der Waals surface area contributed by atoms with Crippen LogP contribution in [0.4, 0.5) is 4.39 Å². The number of ether oxygens (including phenoxy) is 2. The first-order valence-electron chi connectivity index (χ1n) is 11.9. The number of hydrogen-bond donors (Lipinski definition) is 3. The molecule has 5 rings (SSSR count). The van der Waals surface area contributed by atoms with Crippen LogP contribution >= 0.6 is 7.82 Å². The van der Waals surface area contributed by atoms with Crippen LogP contribution in [0.25, 0.3) is 0 Å². The van der Waals surface area contributed by atoms with Gasteiger partial charge in [0.25, 0.3) is 0 Å². The molecule has 0 aromatic carbocycles. The molecule has 4 fully saturated rings. The number of carbonyl (C=O) groups excluding carboxylic acids is 2. The topological polar surface area (TPSA) is 140 Å². The summed E-state index contributed by atoms with van der Waals surface area (Å²) in [5.41, 5.74) is -5.37. The largest absolute Gasteiger partial charge is 0.470 e. The minimum Gasteiger partial charge on any atom is -0.390 e. The Labute approximate surface area is 202 Å². The molecule has 9 nitrogen and oxygen atoms in total. The van der Waals surface area contributed by atoms with Crippen LogP contribution in [-0.4, -0.2) is 62.3 Å². The Balaban J connectivity index is 1.59. The van der Waals surface area contributed by atoms with E-state index < -0.39 is 72.1 Å². The highest BCUT2D eigenvalue weighted by Gasteiger charge is 2.80. The fourth-order valence-corrected chi connectivity index (χ4v) is 8.34. The van der Waals surface area contributed by atoms with Gasteiger partial charge in [-0.25, -0.2) is 8.96 Å². The number of alkyl halides is 1. The summed E-state index contributed by atoms with van der Waals surface area (Å²) in [4.78, 5) is 44.0. The van der Waals surface area contributed by atoms with E-state index in [0.717, 1.165) is 0 Å². The summed E-state index contributed by atoms with van der Waals surface area (Å²) in [6.45, 7) is 5.86. The number of rotatable bonds is 4. The maximum atomic E-state index is 17.3. The number of phosphoric ester groups is 1. The number of halogens is 1. The quantitative estimate of drug-likeness (QED) is 0.483. The van der Waals surface area contributed by atoms with Crippen LogP contribution in [0.2, 0.25) is 0 Å². The maximum Gasteiger partial charge on any atom is 0.470 e. The monoisotopic (exact) mass is 514 g/mol. The predicted octanol–water partition coefficient (Wildman–Crippen LogP) is 2.54. The lowest BCUT2D eigenvalue weighted by atomic mass is 9.44. The third-order valence-corrected chi connectivity index (χ3v) is 9.88. The zero-order chi connectivity index (χ0) is 25.8. The van der Waals surface area contributed by atoms with Gasteiger partial charge in [0.2, 0.25) is 0 Å². The first-order chi connectivity index (χ1) is 16.0. The van der Waals surface area contributed by atoms with Gasteiger partial charge in [-0.05, 0) is 64.5 Å². The first-order valence-corrected chi connectivity index (χ1v) is 13.5. The van der Waals surface area contributed by atoms with E-state index in [2.05, 4.69) is 4.52 Å². The van der Waals surface area contributed by atoms with Crippen molar-refractivity contribution in [2.45, 2.75) is 82.6 Å². The van der Waals surface area contributed by atoms with Gasteiger partial charge in [-0.15, -0.1) is 0 Å². The van der Waals surface area contributed by atoms with E-state index in [1.807, 2.05) is 0 Å².